The van der Waals surface area contributed by atoms with Crippen LogP contribution < -0.4 is 10.9 Å². The number of carbonyl (C=O) groups excluding carboxylic acids is 1. The van der Waals surface area contributed by atoms with Crippen molar-refractivity contribution in [1.29, 1.82) is 0 Å². The Balaban J connectivity index is 1.62. The highest BCUT2D eigenvalue weighted by molar-refractivity contribution is 8.00. The minimum Gasteiger partial charge on any atom is -0.383 e. The summed E-state index contributed by atoms with van der Waals surface area (Å²) in [6.45, 7) is 2.56. The number of nitrogens with zero attached hydrogens (tertiary/aromatic N) is 2. The van der Waals surface area contributed by atoms with Crippen LogP contribution in [-0.4, -0.2) is 34.4 Å². The molecule has 1 unspecified atom stereocenters. The number of fused-ring (bicyclic) bond motifs is 2. The van der Waals surface area contributed by atoms with Crippen molar-refractivity contribution >= 4 is 45.0 Å². The van der Waals surface area contributed by atoms with E-state index in [0.717, 1.165) is 16.5 Å². The van der Waals surface area contributed by atoms with E-state index in [0.29, 0.717) is 29.2 Å². The fourth-order valence-electron chi connectivity index (χ4n) is 3.40. The Bertz CT molecular complexity index is 1300. The van der Waals surface area contributed by atoms with E-state index in [9.17, 15) is 9.59 Å². The van der Waals surface area contributed by atoms with E-state index in [1.807, 2.05) is 67.6 Å². The van der Waals surface area contributed by atoms with Crippen LogP contribution in [0.2, 0.25) is 0 Å². The summed E-state index contributed by atoms with van der Waals surface area (Å²) in [5, 5.41) is 5.66. The number of nitrogens with one attached hydrogen (secondary N) is 1. The number of ether oxygens (including phenoxy) is 1. The average molecular weight is 434 g/mol. The molecule has 0 fully saturated rings. The summed E-state index contributed by atoms with van der Waals surface area (Å²) < 4.78 is 6.75. The molecule has 4 rings (SSSR count). The molecule has 1 heterocycles. The van der Waals surface area contributed by atoms with Gasteiger partial charge in [0.25, 0.3) is 5.56 Å². The Labute approximate surface area is 184 Å². The lowest BCUT2D eigenvalue weighted by molar-refractivity contribution is -0.115. The predicted molar refractivity (Wildman–Crippen MR) is 126 cm³/mol. The molecule has 0 spiro atoms. The normalized spacial score (nSPS) is 12.2. The zero-order chi connectivity index (χ0) is 21.8. The summed E-state index contributed by atoms with van der Waals surface area (Å²) in [6.07, 6.45) is 0. The van der Waals surface area contributed by atoms with Gasteiger partial charge in [-0.2, -0.15) is 0 Å². The topological polar surface area (TPSA) is 73.2 Å². The molecule has 0 radical (unpaired) electrons. The second-order valence-corrected chi connectivity index (χ2v) is 8.45. The molecule has 0 saturated carbocycles. The van der Waals surface area contributed by atoms with Crippen molar-refractivity contribution in [2.75, 3.05) is 19.0 Å². The van der Waals surface area contributed by atoms with E-state index in [-0.39, 0.29) is 11.5 Å². The van der Waals surface area contributed by atoms with Crippen LogP contribution in [0, 0.1) is 0 Å². The Hall–Kier alpha value is -3.16. The minimum atomic E-state index is -0.458. The van der Waals surface area contributed by atoms with Crippen LogP contribution in [0.25, 0.3) is 21.7 Å². The van der Waals surface area contributed by atoms with Crippen LogP contribution in [0.1, 0.15) is 6.92 Å². The molecule has 0 aliphatic heterocycles. The van der Waals surface area contributed by atoms with Crippen LogP contribution in [0.4, 0.5) is 5.69 Å². The Morgan fingerprint density at radius 1 is 1.06 bits per heavy atom. The molecule has 1 N–H and O–H groups in total. The zero-order valence-corrected chi connectivity index (χ0v) is 18.2. The molecule has 158 valence electrons. The number of rotatable bonds is 7. The highest BCUT2D eigenvalue weighted by Gasteiger charge is 2.20. The predicted octanol–water partition coefficient (Wildman–Crippen LogP) is 4.32. The van der Waals surface area contributed by atoms with E-state index in [1.165, 1.54) is 11.8 Å². The quantitative estimate of drug-likeness (QED) is 0.347. The van der Waals surface area contributed by atoms with Gasteiger partial charge < -0.3 is 10.1 Å². The third-order valence-corrected chi connectivity index (χ3v) is 6.13. The first-order valence-electron chi connectivity index (χ1n) is 10.0. The molecule has 1 atom stereocenters. The number of amides is 1. The summed E-state index contributed by atoms with van der Waals surface area (Å²) in [4.78, 5) is 30.6. The minimum absolute atomic E-state index is 0.133. The van der Waals surface area contributed by atoms with E-state index in [1.54, 1.807) is 17.7 Å². The van der Waals surface area contributed by atoms with Crippen molar-refractivity contribution in [1.82, 2.24) is 9.55 Å². The lowest BCUT2D eigenvalue weighted by Gasteiger charge is -2.17. The summed E-state index contributed by atoms with van der Waals surface area (Å²) in [5.74, 6) is -0.151. The van der Waals surface area contributed by atoms with Gasteiger partial charge >= 0.3 is 0 Å². The standard InChI is InChI=1S/C24H23N3O3S/c1-16(22(28)25-20-13-7-9-17-8-3-4-10-18(17)20)31-24-26-21-12-6-5-11-19(21)23(29)27(24)14-15-30-2/h3-13,16H,14-15H2,1-2H3,(H,25,28). The Morgan fingerprint density at radius 2 is 1.77 bits per heavy atom. The maximum atomic E-state index is 13.0. The second kappa shape index (κ2) is 9.32. The third kappa shape index (κ3) is 4.47. The first kappa shape index (κ1) is 21.1. The molecule has 0 saturated heterocycles. The number of para-hydroxylation sites is 1. The first-order valence-corrected chi connectivity index (χ1v) is 10.9. The second-order valence-electron chi connectivity index (χ2n) is 7.14. The largest absolute Gasteiger partial charge is 0.383 e. The summed E-state index contributed by atoms with van der Waals surface area (Å²) in [7, 11) is 1.59. The van der Waals surface area contributed by atoms with Gasteiger partial charge in [0.2, 0.25) is 5.91 Å². The highest BCUT2D eigenvalue weighted by Crippen LogP contribution is 2.26. The monoisotopic (exact) mass is 433 g/mol. The van der Waals surface area contributed by atoms with Crippen molar-refractivity contribution in [3.8, 4) is 0 Å². The van der Waals surface area contributed by atoms with Gasteiger partial charge in [0, 0.05) is 18.2 Å². The molecule has 0 aliphatic carbocycles. The molecule has 7 heteroatoms. The van der Waals surface area contributed by atoms with Gasteiger partial charge in [0.1, 0.15) is 0 Å². The number of hydrogen-bond donors (Lipinski definition) is 1. The Kier molecular flexibility index (Phi) is 6.34. The van der Waals surface area contributed by atoms with Crippen molar-refractivity contribution in [2.24, 2.45) is 0 Å². The number of hydrogen-bond acceptors (Lipinski definition) is 5. The summed E-state index contributed by atoms with van der Waals surface area (Å²) in [6, 6.07) is 21.0. The van der Waals surface area contributed by atoms with Crippen molar-refractivity contribution in [2.45, 2.75) is 23.9 Å². The molecule has 6 nitrogen and oxygen atoms in total. The van der Waals surface area contributed by atoms with Crippen LogP contribution in [0.3, 0.4) is 0 Å². The van der Waals surface area contributed by atoms with Crippen LogP contribution in [-0.2, 0) is 16.1 Å². The van der Waals surface area contributed by atoms with Gasteiger partial charge in [-0.3, -0.25) is 14.2 Å². The fourth-order valence-corrected chi connectivity index (χ4v) is 4.33. The van der Waals surface area contributed by atoms with E-state index in [4.69, 9.17) is 4.74 Å². The number of methoxy groups -OCH3 is 1. The summed E-state index contributed by atoms with van der Waals surface area (Å²) in [5.41, 5.74) is 1.25. The van der Waals surface area contributed by atoms with Gasteiger partial charge in [-0.05, 0) is 30.5 Å². The number of anilines is 1. The fraction of sp³-hybridized carbons (Fsp3) is 0.208. The van der Waals surface area contributed by atoms with Gasteiger partial charge in [-0.25, -0.2) is 4.98 Å². The smallest absolute Gasteiger partial charge is 0.262 e. The molecule has 1 amide bonds. The lowest BCUT2D eigenvalue weighted by atomic mass is 10.1. The average Bonchev–Trinajstić information content (AvgIpc) is 2.79. The van der Waals surface area contributed by atoms with Crippen LogP contribution in [0.15, 0.2) is 76.7 Å². The van der Waals surface area contributed by atoms with E-state index in [2.05, 4.69) is 10.3 Å². The molecular formula is C24H23N3O3S. The molecule has 0 bridgehead atoms. The Morgan fingerprint density at radius 3 is 2.58 bits per heavy atom. The van der Waals surface area contributed by atoms with Crippen molar-refractivity contribution in [3.63, 3.8) is 0 Å². The van der Waals surface area contributed by atoms with E-state index < -0.39 is 5.25 Å². The molecule has 3 aromatic carbocycles. The maximum Gasteiger partial charge on any atom is 0.262 e. The lowest BCUT2D eigenvalue weighted by Crippen LogP contribution is -2.28. The molecular weight excluding hydrogens is 410 g/mol. The number of carbonyl (C=O) groups is 1. The number of aromatic nitrogens is 2. The SMILES string of the molecule is COCCn1c(SC(C)C(=O)Nc2cccc3ccccc23)nc2ccccc2c1=O. The van der Waals surface area contributed by atoms with Gasteiger partial charge in [0.05, 0.1) is 29.3 Å². The highest BCUT2D eigenvalue weighted by atomic mass is 32.2. The van der Waals surface area contributed by atoms with Gasteiger partial charge in [0.15, 0.2) is 5.16 Å². The molecule has 4 aromatic rings. The summed E-state index contributed by atoms with van der Waals surface area (Å²) >= 11 is 1.27. The van der Waals surface area contributed by atoms with Crippen LogP contribution >= 0.6 is 11.8 Å². The first-order chi connectivity index (χ1) is 15.1. The van der Waals surface area contributed by atoms with Crippen molar-refractivity contribution in [3.05, 3.63) is 77.1 Å². The third-order valence-electron chi connectivity index (χ3n) is 5.04. The van der Waals surface area contributed by atoms with E-state index >= 15 is 0 Å². The van der Waals surface area contributed by atoms with Gasteiger partial charge in [-0.1, -0.05) is 60.3 Å². The molecule has 1 aromatic heterocycles. The molecule has 31 heavy (non-hydrogen) atoms. The maximum absolute atomic E-state index is 13.0. The van der Waals surface area contributed by atoms with Crippen molar-refractivity contribution < 1.29 is 9.53 Å². The van der Waals surface area contributed by atoms with Gasteiger partial charge in [-0.15, -0.1) is 0 Å². The van der Waals surface area contributed by atoms with Crippen LogP contribution in [0.5, 0.6) is 0 Å². The molecule has 0 aliphatic rings. The number of benzene rings is 3. The zero-order valence-electron chi connectivity index (χ0n) is 17.4. The number of thioether (sulfide) groups is 1.